The highest BCUT2D eigenvalue weighted by molar-refractivity contribution is 5.96. The molecule has 0 saturated carbocycles. The van der Waals surface area contributed by atoms with E-state index in [1.165, 1.54) is 0 Å². The number of aromatic amines is 1. The van der Waals surface area contributed by atoms with Gasteiger partial charge in [-0.05, 0) is 41.5 Å². The molecule has 0 aliphatic carbocycles. The molecular weight excluding hydrogens is 368 g/mol. The summed E-state index contributed by atoms with van der Waals surface area (Å²) in [6.45, 7) is 2.43. The van der Waals surface area contributed by atoms with E-state index < -0.39 is 0 Å². The molecule has 4 rings (SSSR count). The van der Waals surface area contributed by atoms with E-state index in [9.17, 15) is 9.59 Å². The highest BCUT2D eigenvalue weighted by Crippen LogP contribution is 2.15. The summed E-state index contributed by atoms with van der Waals surface area (Å²) in [6, 6.07) is 16.9. The number of carbonyl (C=O) groups is 1. The Morgan fingerprint density at radius 2 is 1.86 bits per heavy atom. The third-order valence-corrected chi connectivity index (χ3v) is 5.10. The van der Waals surface area contributed by atoms with Crippen molar-refractivity contribution in [1.82, 2.24) is 10.3 Å². The number of rotatable bonds is 6. The Morgan fingerprint density at radius 3 is 2.72 bits per heavy atom. The molecule has 3 aromatic rings. The molecule has 0 unspecified atom stereocenters. The Hall–Kier alpha value is -2.96. The van der Waals surface area contributed by atoms with Gasteiger partial charge >= 0.3 is 0 Å². The Kier molecular flexibility index (Phi) is 6.03. The maximum absolute atomic E-state index is 12.5. The molecule has 6 heteroatoms. The second kappa shape index (κ2) is 9.03. The number of ether oxygens (including phenoxy) is 2. The van der Waals surface area contributed by atoms with Crippen molar-refractivity contribution >= 4 is 16.7 Å². The minimum Gasteiger partial charge on any atom is -0.381 e. The lowest BCUT2D eigenvalue weighted by Crippen LogP contribution is -2.26. The molecule has 1 amide bonds. The second-order valence-corrected chi connectivity index (χ2v) is 7.22. The third-order valence-electron chi connectivity index (χ3n) is 5.10. The molecule has 1 fully saturated rings. The van der Waals surface area contributed by atoms with Crippen LogP contribution < -0.4 is 10.9 Å². The van der Waals surface area contributed by atoms with E-state index in [0.29, 0.717) is 18.5 Å². The first-order valence-electron chi connectivity index (χ1n) is 9.86. The van der Waals surface area contributed by atoms with Crippen LogP contribution in [0.15, 0.2) is 59.4 Å². The SMILES string of the molecule is O=C(NCc1cccc(COC2CCOCC2)c1)c1cc2ccccc2c(=O)[nH]1. The molecule has 2 aromatic carbocycles. The number of aromatic nitrogens is 1. The summed E-state index contributed by atoms with van der Waals surface area (Å²) in [6.07, 6.45) is 2.11. The zero-order valence-corrected chi connectivity index (χ0v) is 16.1. The van der Waals surface area contributed by atoms with E-state index in [1.807, 2.05) is 36.4 Å². The van der Waals surface area contributed by atoms with E-state index in [2.05, 4.69) is 10.3 Å². The first-order chi connectivity index (χ1) is 14.2. The Bertz CT molecular complexity index is 1050. The number of amides is 1. The molecule has 150 valence electrons. The van der Waals surface area contributed by atoms with Crippen LogP contribution in [0.25, 0.3) is 10.8 Å². The van der Waals surface area contributed by atoms with Gasteiger partial charge in [-0.15, -0.1) is 0 Å². The molecule has 29 heavy (non-hydrogen) atoms. The van der Waals surface area contributed by atoms with Crippen molar-refractivity contribution in [2.75, 3.05) is 13.2 Å². The lowest BCUT2D eigenvalue weighted by molar-refractivity contribution is -0.0390. The van der Waals surface area contributed by atoms with Crippen LogP contribution in [-0.4, -0.2) is 30.2 Å². The highest BCUT2D eigenvalue weighted by Gasteiger charge is 2.14. The summed E-state index contributed by atoms with van der Waals surface area (Å²) in [5, 5.41) is 4.19. The number of nitrogens with one attached hydrogen (secondary N) is 2. The molecule has 1 aliphatic heterocycles. The Labute approximate surface area is 168 Å². The van der Waals surface area contributed by atoms with Crippen molar-refractivity contribution in [2.45, 2.75) is 32.1 Å². The van der Waals surface area contributed by atoms with Crippen LogP contribution in [0.4, 0.5) is 0 Å². The Morgan fingerprint density at radius 1 is 1.07 bits per heavy atom. The quantitative estimate of drug-likeness (QED) is 0.675. The minimum atomic E-state index is -0.309. The van der Waals surface area contributed by atoms with Crippen molar-refractivity contribution in [3.63, 3.8) is 0 Å². The standard InChI is InChI=1S/C23H24N2O4/c26-22-20-7-2-1-6-18(20)13-21(25-22)23(27)24-14-16-4-3-5-17(12-16)15-29-19-8-10-28-11-9-19/h1-7,12-13,19H,8-11,14-15H2,(H,24,27)(H,25,26). The summed E-state index contributed by atoms with van der Waals surface area (Å²) >= 11 is 0. The molecule has 0 radical (unpaired) electrons. The molecular formula is C23H24N2O4. The summed E-state index contributed by atoms with van der Waals surface area (Å²) in [5.74, 6) is -0.309. The number of hydrogen-bond donors (Lipinski definition) is 2. The van der Waals surface area contributed by atoms with E-state index >= 15 is 0 Å². The number of pyridine rings is 1. The zero-order chi connectivity index (χ0) is 20.1. The van der Waals surface area contributed by atoms with Crippen molar-refractivity contribution in [1.29, 1.82) is 0 Å². The molecule has 1 saturated heterocycles. The van der Waals surface area contributed by atoms with Crippen molar-refractivity contribution < 1.29 is 14.3 Å². The number of hydrogen-bond acceptors (Lipinski definition) is 4. The largest absolute Gasteiger partial charge is 0.381 e. The maximum Gasteiger partial charge on any atom is 0.268 e. The molecule has 1 aromatic heterocycles. The summed E-state index contributed by atoms with van der Waals surface area (Å²) in [5.41, 5.74) is 2.05. The molecule has 0 atom stereocenters. The third kappa shape index (κ3) is 4.91. The number of benzene rings is 2. The second-order valence-electron chi connectivity index (χ2n) is 7.22. The van der Waals surface area contributed by atoms with Gasteiger partial charge < -0.3 is 19.8 Å². The molecule has 0 bridgehead atoms. The molecule has 6 nitrogen and oxygen atoms in total. The van der Waals surface area contributed by atoms with Gasteiger partial charge in [-0.1, -0.05) is 42.5 Å². The van der Waals surface area contributed by atoms with E-state index in [1.54, 1.807) is 18.2 Å². The van der Waals surface area contributed by atoms with Gasteiger partial charge in [0.1, 0.15) is 5.69 Å². The molecule has 2 heterocycles. The molecule has 0 spiro atoms. The van der Waals surface area contributed by atoms with Gasteiger partial charge in [0.2, 0.25) is 0 Å². The Balaban J connectivity index is 1.37. The molecule has 1 aliphatic rings. The maximum atomic E-state index is 12.5. The van der Waals surface area contributed by atoms with Crippen LogP contribution in [-0.2, 0) is 22.6 Å². The number of fused-ring (bicyclic) bond motifs is 1. The van der Waals surface area contributed by atoms with Gasteiger partial charge in [-0.3, -0.25) is 9.59 Å². The van der Waals surface area contributed by atoms with E-state index in [0.717, 1.165) is 42.6 Å². The summed E-state index contributed by atoms with van der Waals surface area (Å²) < 4.78 is 11.3. The van der Waals surface area contributed by atoms with Crippen molar-refractivity contribution in [3.8, 4) is 0 Å². The van der Waals surface area contributed by atoms with Crippen LogP contribution >= 0.6 is 0 Å². The predicted octanol–water partition coefficient (Wildman–Crippen LogP) is 3.15. The zero-order valence-electron chi connectivity index (χ0n) is 16.1. The normalized spacial score (nSPS) is 14.8. The lowest BCUT2D eigenvalue weighted by atomic mass is 10.1. The summed E-state index contributed by atoms with van der Waals surface area (Å²) in [4.78, 5) is 27.3. The predicted molar refractivity (Wildman–Crippen MR) is 111 cm³/mol. The van der Waals surface area contributed by atoms with Crippen LogP contribution in [0.1, 0.15) is 34.5 Å². The van der Waals surface area contributed by atoms with Crippen LogP contribution in [0, 0.1) is 0 Å². The summed E-state index contributed by atoms with van der Waals surface area (Å²) in [7, 11) is 0. The van der Waals surface area contributed by atoms with Crippen LogP contribution in [0.3, 0.4) is 0 Å². The van der Waals surface area contributed by atoms with Crippen molar-refractivity contribution in [3.05, 3.63) is 81.8 Å². The first-order valence-corrected chi connectivity index (χ1v) is 9.86. The average Bonchev–Trinajstić information content (AvgIpc) is 2.77. The molecule has 2 N–H and O–H groups in total. The lowest BCUT2D eigenvalue weighted by Gasteiger charge is -2.22. The monoisotopic (exact) mass is 392 g/mol. The average molecular weight is 392 g/mol. The van der Waals surface area contributed by atoms with Crippen LogP contribution in [0.2, 0.25) is 0 Å². The van der Waals surface area contributed by atoms with Gasteiger partial charge in [0.25, 0.3) is 11.5 Å². The van der Waals surface area contributed by atoms with Gasteiger partial charge in [0.05, 0.1) is 12.7 Å². The van der Waals surface area contributed by atoms with Crippen LogP contribution in [0.5, 0.6) is 0 Å². The topological polar surface area (TPSA) is 80.4 Å². The van der Waals surface area contributed by atoms with E-state index in [-0.39, 0.29) is 23.3 Å². The fraction of sp³-hybridized carbons (Fsp3) is 0.304. The fourth-order valence-corrected chi connectivity index (χ4v) is 3.50. The van der Waals surface area contributed by atoms with Gasteiger partial charge in [0.15, 0.2) is 0 Å². The van der Waals surface area contributed by atoms with Gasteiger partial charge in [-0.2, -0.15) is 0 Å². The first kappa shape index (κ1) is 19.4. The number of H-pyrrole nitrogens is 1. The minimum absolute atomic E-state index is 0.247. The van der Waals surface area contributed by atoms with E-state index in [4.69, 9.17) is 9.47 Å². The van der Waals surface area contributed by atoms with Gasteiger partial charge in [-0.25, -0.2) is 0 Å². The highest BCUT2D eigenvalue weighted by atomic mass is 16.5. The fourth-order valence-electron chi connectivity index (χ4n) is 3.50. The van der Waals surface area contributed by atoms with Gasteiger partial charge in [0, 0.05) is 25.1 Å². The van der Waals surface area contributed by atoms with Crippen molar-refractivity contribution in [2.24, 2.45) is 0 Å². The smallest absolute Gasteiger partial charge is 0.268 e. The number of carbonyl (C=O) groups excluding carboxylic acids is 1.